The Morgan fingerprint density at radius 1 is 1.35 bits per heavy atom. The van der Waals surface area contributed by atoms with Gasteiger partial charge in [0.15, 0.2) is 6.61 Å². The molecule has 0 atom stereocenters. The molecule has 9 nitrogen and oxygen atoms in total. The van der Waals surface area contributed by atoms with Crippen LogP contribution >= 0.6 is 0 Å². The number of carbonyl (C=O) groups excluding carboxylic acids is 1. The maximum absolute atomic E-state index is 13.0. The molecule has 0 aliphatic carbocycles. The number of ether oxygens (including phenoxy) is 1. The van der Waals surface area contributed by atoms with Gasteiger partial charge in [-0.1, -0.05) is 0 Å². The van der Waals surface area contributed by atoms with E-state index in [4.69, 9.17) is 9.84 Å². The van der Waals surface area contributed by atoms with Crippen LogP contribution in [0.15, 0.2) is 24.5 Å². The molecule has 3 aromatic rings. The van der Waals surface area contributed by atoms with Crippen LogP contribution in [0.3, 0.4) is 0 Å². The second-order valence-corrected chi connectivity index (χ2v) is 6.57. The maximum atomic E-state index is 13.0. The van der Waals surface area contributed by atoms with E-state index in [1.54, 1.807) is 12.3 Å². The van der Waals surface area contributed by atoms with Gasteiger partial charge >= 0.3 is 12.3 Å². The van der Waals surface area contributed by atoms with Gasteiger partial charge < -0.3 is 15.2 Å². The summed E-state index contributed by atoms with van der Waals surface area (Å²) >= 11 is 0. The number of fused-ring (bicyclic) bond motifs is 1. The molecule has 0 aromatic carbocycles. The second-order valence-electron chi connectivity index (χ2n) is 6.57. The molecule has 3 rings (SSSR count). The first-order valence-corrected chi connectivity index (χ1v) is 9.04. The predicted octanol–water partition coefficient (Wildman–Crippen LogP) is 1.58. The monoisotopic (exact) mass is 442 g/mol. The quantitative estimate of drug-likeness (QED) is 0.484. The van der Waals surface area contributed by atoms with E-state index < -0.39 is 24.9 Å². The number of halogens is 4. The summed E-state index contributed by atoms with van der Waals surface area (Å²) < 4.78 is 56.7. The van der Waals surface area contributed by atoms with Crippen LogP contribution in [-0.4, -0.2) is 68.1 Å². The van der Waals surface area contributed by atoms with E-state index in [2.05, 4.69) is 25.6 Å². The van der Waals surface area contributed by atoms with Crippen LogP contribution in [0, 0.1) is 6.92 Å². The number of alkyl halides is 4. The SMILES string of the molecule is Cc1cc(Cn2cc3c(C(=O)NCCO)nccc3n2)nnc1OCC(F)(F)C(F)F. The van der Waals surface area contributed by atoms with E-state index in [9.17, 15) is 22.4 Å². The van der Waals surface area contributed by atoms with Crippen molar-refractivity contribution in [1.29, 1.82) is 0 Å². The predicted molar refractivity (Wildman–Crippen MR) is 99.3 cm³/mol. The van der Waals surface area contributed by atoms with Crippen molar-refractivity contribution in [3.8, 4) is 5.88 Å². The first-order valence-electron chi connectivity index (χ1n) is 9.04. The summed E-state index contributed by atoms with van der Waals surface area (Å²) in [5.41, 5.74) is 1.38. The number of rotatable bonds is 9. The molecule has 2 N–H and O–H groups in total. The van der Waals surface area contributed by atoms with Crippen molar-refractivity contribution in [1.82, 2.24) is 30.3 Å². The number of pyridine rings is 1. The number of aromatic nitrogens is 5. The molecule has 0 radical (unpaired) electrons. The van der Waals surface area contributed by atoms with Gasteiger partial charge in [0.2, 0.25) is 5.88 Å². The second kappa shape index (κ2) is 9.20. The van der Waals surface area contributed by atoms with E-state index in [1.165, 1.54) is 23.9 Å². The summed E-state index contributed by atoms with van der Waals surface area (Å²) in [6.45, 7) is 0.00307. The molecule has 3 heterocycles. The largest absolute Gasteiger partial charge is 0.470 e. The Hall–Kier alpha value is -3.35. The van der Waals surface area contributed by atoms with Crippen LogP contribution in [0.2, 0.25) is 0 Å². The van der Waals surface area contributed by atoms with Crippen molar-refractivity contribution in [2.75, 3.05) is 19.8 Å². The highest BCUT2D eigenvalue weighted by Crippen LogP contribution is 2.25. The number of amides is 1. The molecule has 0 aliphatic heterocycles. The van der Waals surface area contributed by atoms with Gasteiger partial charge in [0.1, 0.15) is 5.69 Å². The molecule has 3 aromatic heterocycles. The Morgan fingerprint density at radius 2 is 2.13 bits per heavy atom. The number of hydrogen-bond acceptors (Lipinski definition) is 7. The molecule has 166 valence electrons. The molecule has 31 heavy (non-hydrogen) atoms. The van der Waals surface area contributed by atoms with E-state index in [0.29, 0.717) is 22.2 Å². The molecule has 0 saturated heterocycles. The lowest BCUT2D eigenvalue weighted by Gasteiger charge is -2.16. The number of aliphatic hydroxyl groups is 1. The summed E-state index contributed by atoms with van der Waals surface area (Å²) in [5.74, 6) is -5.03. The lowest BCUT2D eigenvalue weighted by Crippen LogP contribution is -2.34. The number of hydrogen-bond donors (Lipinski definition) is 2. The van der Waals surface area contributed by atoms with Gasteiger partial charge in [-0.05, 0) is 19.1 Å². The summed E-state index contributed by atoms with van der Waals surface area (Å²) in [6.07, 6.45) is -0.835. The van der Waals surface area contributed by atoms with Gasteiger partial charge in [-0.25, -0.2) is 8.78 Å². The first kappa shape index (κ1) is 22.3. The highest BCUT2D eigenvalue weighted by molar-refractivity contribution is 6.04. The Bertz CT molecular complexity index is 1080. The third-order valence-corrected chi connectivity index (χ3v) is 4.13. The standard InChI is InChI=1S/C18H18F4N6O3/c1-10-6-11(25-26-16(10)31-9-18(21,22)17(19)20)7-28-8-12-13(27-28)2-3-23-14(12)15(30)24-4-5-29/h2-3,6,8,17,29H,4-5,7,9H2,1H3,(H,24,30). The van der Waals surface area contributed by atoms with Crippen LogP contribution in [0.5, 0.6) is 5.88 Å². The summed E-state index contributed by atoms with van der Waals surface area (Å²) in [4.78, 5) is 16.2. The van der Waals surface area contributed by atoms with E-state index in [1.807, 2.05) is 0 Å². The van der Waals surface area contributed by atoms with E-state index in [0.717, 1.165) is 0 Å². The highest BCUT2D eigenvalue weighted by Gasteiger charge is 2.42. The van der Waals surface area contributed by atoms with Crippen LogP contribution in [0.1, 0.15) is 21.7 Å². The molecule has 1 amide bonds. The number of aryl methyl sites for hydroxylation is 1. The third-order valence-electron chi connectivity index (χ3n) is 4.13. The zero-order valence-corrected chi connectivity index (χ0v) is 16.2. The first-order chi connectivity index (χ1) is 14.7. The minimum atomic E-state index is -4.29. The average molecular weight is 442 g/mol. The van der Waals surface area contributed by atoms with Crippen molar-refractivity contribution in [2.45, 2.75) is 25.8 Å². The van der Waals surface area contributed by atoms with Crippen LogP contribution in [0.25, 0.3) is 10.9 Å². The van der Waals surface area contributed by atoms with Crippen LogP contribution < -0.4 is 10.1 Å². The maximum Gasteiger partial charge on any atom is 0.340 e. The highest BCUT2D eigenvalue weighted by atomic mass is 19.3. The molecule has 0 aliphatic rings. The summed E-state index contributed by atoms with van der Waals surface area (Å²) in [6, 6.07) is 3.12. The summed E-state index contributed by atoms with van der Waals surface area (Å²) in [7, 11) is 0. The summed E-state index contributed by atoms with van der Waals surface area (Å²) in [5, 5.41) is 23.7. The van der Waals surface area contributed by atoms with E-state index >= 15 is 0 Å². The molecule has 0 fully saturated rings. The van der Waals surface area contributed by atoms with Crippen molar-refractivity contribution in [3.05, 3.63) is 41.5 Å². The fraction of sp³-hybridized carbons (Fsp3) is 0.389. The smallest absolute Gasteiger partial charge is 0.340 e. The van der Waals surface area contributed by atoms with Crippen molar-refractivity contribution < 1.29 is 32.2 Å². The molecule has 0 spiro atoms. The molecular weight excluding hydrogens is 424 g/mol. The number of nitrogens with one attached hydrogen (secondary N) is 1. The fourth-order valence-corrected chi connectivity index (χ4v) is 2.65. The fourth-order valence-electron chi connectivity index (χ4n) is 2.65. The Kier molecular flexibility index (Phi) is 6.63. The normalized spacial score (nSPS) is 11.8. The topological polar surface area (TPSA) is 115 Å². The zero-order valence-electron chi connectivity index (χ0n) is 16.2. The molecule has 0 saturated carbocycles. The zero-order chi connectivity index (χ0) is 22.6. The van der Waals surface area contributed by atoms with Crippen molar-refractivity contribution in [3.63, 3.8) is 0 Å². The minimum absolute atomic E-state index is 0.0809. The van der Waals surface area contributed by atoms with Gasteiger partial charge in [0, 0.05) is 24.5 Å². The van der Waals surface area contributed by atoms with Crippen molar-refractivity contribution in [2.24, 2.45) is 0 Å². The van der Waals surface area contributed by atoms with Gasteiger partial charge in [-0.2, -0.15) is 13.9 Å². The van der Waals surface area contributed by atoms with Crippen molar-refractivity contribution >= 4 is 16.8 Å². The number of nitrogens with zero attached hydrogens (tertiary/aromatic N) is 5. The molecular formula is C18H18F4N6O3. The lowest BCUT2D eigenvalue weighted by atomic mass is 10.2. The Balaban J connectivity index is 1.75. The van der Waals surface area contributed by atoms with Gasteiger partial charge in [-0.3, -0.25) is 14.5 Å². The average Bonchev–Trinajstić information content (AvgIpc) is 3.13. The third kappa shape index (κ3) is 5.23. The number of carbonyl (C=O) groups is 1. The Labute approximate surface area is 173 Å². The van der Waals surface area contributed by atoms with Gasteiger partial charge in [0.05, 0.1) is 29.7 Å². The molecule has 0 unspecified atom stereocenters. The molecule has 0 bridgehead atoms. The number of aliphatic hydroxyl groups excluding tert-OH is 1. The molecule has 13 heteroatoms. The van der Waals surface area contributed by atoms with Crippen LogP contribution in [0.4, 0.5) is 17.6 Å². The van der Waals surface area contributed by atoms with Gasteiger partial charge in [0.25, 0.3) is 5.91 Å². The Morgan fingerprint density at radius 3 is 2.81 bits per heavy atom. The van der Waals surface area contributed by atoms with E-state index in [-0.39, 0.29) is 31.3 Å². The van der Waals surface area contributed by atoms with Gasteiger partial charge in [-0.15, -0.1) is 10.2 Å². The van der Waals surface area contributed by atoms with Crippen LogP contribution in [-0.2, 0) is 6.54 Å². The minimum Gasteiger partial charge on any atom is -0.470 e. The lowest BCUT2D eigenvalue weighted by molar-refractivity contribution is -0.148.